The van der Waals surface area contributed by atoms with Gasteiger partial charge in [0.1, 0.15) is 5.69 Å². The summed E-state index contributed by atoms with van der Waals surface area (Å²) >= 11 is 12.1. The maximum absolute atomic E-state index is 13.7. The summed E-state index contributed by atoms with van der Waals surface area (Å²) in [4.78, 5) is 20.6. The molecular weight excluding hydrogens is 558 g/mol. The van der Waals surface area contributed by atoms with E-state index in [1.54, 1.807) is 0 Å². The lowest BCUT2D eigenvalue weighted by atomic mass is 10.2. The molecule has 0 aliphatic rings. The van der Waals surface area contributed by atoms with E-state index in [1.807, 2.05) is 0 Å². The summed E-state index contributed by atoms with van der Waals surface area (Å²) in [6.07, 6.45) is -3.35. The summed E-state index contributed by atoms with van der Waals surface area (Å²) in [6.45, 7) is 0. The van der Waals surface area contributed by atoms with E-state index in [4.69, 9.17) is 16.0 Å². The number of anilines is 1. The second-order valence-corrected chi connectivity index (χ2v) is 7.75. The van der Waals surface area contributed by atoms with Gasteiger partial charge < -0.3 is 9.73 Å². The normalized spacial score (nSPS) is 11.8. The standard InChI is InChI=1S/C17H7Br2ClF3N5O2/c18-11-4-3-9(30-11)8-6-10(17(21,22)23)28-15(25-8)12(19)13(27-28)16(29)26-7-2-1-5-24-14(7)20/h1-6H,(H,26,29). The van der Waals surface area contributed by atoms with Crippen LogP contribution in [0.3, 0.4) is 0 Å². The minimum absolute atomic E-state index is 0.0190. The van der Waals surface area contributed by atoms with Crippen molar-refractivity contribution in [2.24, 2.45) is 0 Å². The number of halogens is 6. The third-order valence-electron chi connectivity index (χ3n) is 3.87. The Hall–Kier alpha value is -2.44. The Morgan fingerprint density at radius 3 is 2.63 bits per heavy atom. The zero-order chi connectivity index (χ0) is 21.6. The van der Waals surface area contributed by atoms with E-state index in [2.05, 4.69) is 52.2 Å². The number of rotatable bonds is 3. The SMILES string of the molecule is O=C(Nc1cccnc1Cl)c1nn2c(C(F)(F)F)cc(-c3ccc(Br)o3)nc2c1Br. The molecule has 0 atom stereocenters. The maximum atomic E-state index is 13.7. The highest BCUT2D eigenvalue weighted by Crippen LogP contribution is 2.35. The Kier molecular flexibility index (Phi) is 5.32. The quantitative estimate of drug-likeness (QED) is 0.316. The van der Waals surface area contributed by atoms with Crippen LogP contribution in [0.2, 0.25) is 5.15 Å². The first-order valence-corrected chi connectivity index (χ1v) is 9.95. The number of pyridine rings is 1. The molecule has 1 N–H and O–H groups in total. The first-order valence-electron chi connectivity index (χ1n) is 7.99. The molecule has 30 heavy (non-hydrogen) atoms. The van der Waals surface area contributed by atoms with E-state index in [0.29, 0.717) is 9.18 Å². The van der Waals surface area contributed by atoms with Gasteiger partial charge in [-0.2, -0.15) is 18.3 Å². The van der Waals surface area contributed by atoms with Crippen molar-refractivity contribution in [3.05, 3.63) is 62.2 Å². The number of carbonyl (C=O) groups is 1. The zero-order valence-electron chi connectivity index (χ0n) is 14.3. The highest BCUT2D eigenvalue weighted by molar-refractivity contribution is 9.10. The fraction of sp³-hybridized carbons (Fsp3) is 0.0588. The fourth-order valence-electron chi connectivity index (χ4n) is 2.58. The van der Waals surface area contributed by atoms with Gasteiger partial charge in [0, 0.05) is 6.20 Å². The Bertz CT molecular complexity index is 1290. The fourth-order valence-corrected chi connectivity index (χ4v) is 3.57. The lowest BCUT2D eigenvalue weighted by Crippen LogP contribution is -2.16. The second-order valence-electron chi connectivity index (χ2n) is 5.82. The zero-order valence-corrected chi connectivity index (χ0v) is 18.3. The number of hydrogen-bond donors (Lipinski definition) is 1. The lowest BCUT2D eigenvalue weighted by molar-refractivity contribution is -0.142. The van der Waals surface area contributed by atoms with E-state index in [1.165, 1.54) is 30.5 Å². The molecule has 1 amide bonds. The van der Waals surface area contributed by atoms with Crippen molar-refractivity contribution >= 4 is 60.7 Å². The third-order valence-corrected chi connectivity index (χ3v) is 5.33. The van der Waals surface area contributed by atoms with Crippen LogP contribution in [0.5, 0.6) is 0 Å². The van der Waals surface area contributed by atoms with Gasteiger partial charge in [-0.15, -0.1) is 0 Å². The molecule has 0 spiro atoms. The van der Waals surface area contributed by atoms with Gasteiger partial charge in [-0.05, 0) is 62.2 Å². The van der Waals surface area contributed by atoms with Gasteiger partial charge in [-0.1, -0.05) is 11.6 Å². The average Bonchev–Trinajstić information content (AvgIpc) is 3.26. The molecule has 0 aliphatic carbocycles. The Balaban J connectivity index is 1.86. The molecule has 0 unspecified atom stereocenters. The number of furan rings is 1. The van der Waals surface area contributed by atoms with Crippen molar-refractivity contribution in [1.29, 1.82) is 0 Å². The van der Waals surface area contributed by atoms with Crippen LogP contribution in [0.4, 0.5) is 18.9 Å². The molecule has 7 nitrogen and oxygen atoms in total. The Morgan fingerprint density at radius 1 is 1.23 bits per heavy atom. The number of carbonyl (C=O) groups excluding carboxylic acids is 1. The van der Waals surface area contributed by atoms with E-state index < -0.39 is 17.8 Å². The molecule has 0 aliphatic heterocycles. The molecule has 13 heteroatoms. The molecule has 4 rings (SSSR count). The molecule has 4 aromatic rings. The summed E-state index contributed by atoms with van der Waals surface area (Å²) in [6, 6.07) is 6.81. The number of aromatic nitrogens is 4. The molecule has 4 aromatic heterocycles. The van der Waals surface area contributed by atoms with Crippen molar-refractivity contribution < 1.29 is 22.4 Å². The predicted molar refractivity (Wildman–Crippen MR) is 108 cm³/mol. The molecular formula is C17H7Br2ClF3N5O2. The number of fused-ring (bicyclic) bond motifs is 1. The van der Waals surface area contributed by atoms with Gasteiger partial charge in [-0.25, -0.2) is 14.5 Å². The molecule has 4 heterocycles. The van der Waals surface area contributed by atoms with Gasteiger partial charge in [-0.3, -0.25) is 4.79 Å². The summed E-state index contributed by atoms with van der Waals surface area (Å²) in [5.74, 6) is -0.686. The van der Waals surface area contributed by atoms with Crippen LogP contribution in [0.25, 0.3) is 17.1 Å². The summed E-state index contributed by atoms with van der Waals surface area (Å²) < 4.78 is 47.2. The monoisotopic (exact) mass is 563 g/mol. The van der Waals surface area contributed by atoms with Gasteiger partial charge in [0.05, 0.1) is 10.2 Å². The largest absolute Gasteiger partial charge is 0.448 e. The third kappa shape index (κ3) is 3.82. The van der Waals surface area contributed by atoms with E-state index in [9.17, 15) is 18.0 Å². The first-order chi connectivity index (χ1) is 14.1. The van der Waals surface area contributed by atoms with Crippen molar-refractivity contribution in [2.75, 3.05) is 5.32 Å². The number of amides is 1. The number of hydrogen-bond acceptors (Lipinski definition) is 5. The van der Waals surface area contributed by atoms with Crippen LogP contribution in [0.15, 0.2) is 50.1 Å². The average molecular weight is 566 g/mol. The highest BCUT2D eigenvalue weighted by Gasteiger charge is 2.37. The molecule has 154 valence electrons. The van der Waals surface area contributed by atoms with Crippen molar-refractivity contribution in [2.45, 2.75) is 6.18 Å². The summed E-state index contributed by atoms with van der Waals surface area (Å²) in [5.41, 5.74) is -1.56. The highest BCUT2D eigenvalue weighted by atomic mass is 79.9. The van der Waals surface area contributed by atoms with E-state index in [0.717, 1.165) is 6.07 Å². The number of alkyl halides is 3. The van der Waals surface area contributed by atoms with E-state index >= 15 is 0 Å². The minimum atomic E-state index is -4.77. The molecule has 0 saturated carbocycles. The molecule has 0 aromatic carbocycles. The van der Waals surface area contributed by atoms with Gasteiger partial charge in [0.25, 0.3) is 5.91 Å². The number of nitrogens with one attached hydrogen (secondary N) is 1. The molecule has 0 bridgehead atoms. The van der Waals surface area contributed by atoms with Crippen LogP contribution < -0.4 is 5.32 Å². The smallest absolute Gasteiger partial charge is 0.433 e. The Labute approximate surface area is 187 Å². The first kappa shape index (κ1) is 20.8. The molecule has 0 fully saturated rings. The van der Waals surface area contributed by atoms with Crippen LogP contribution in [-0.4, -0.2) is 25.5 Å². The van der Waals surface area contributed by atoms with Crippen LogP contribution >= 0.6 is 43.5 Å². The molecule has 0 saturated heterocycles. The van der Waals surface area contributed by atoms with Crippen LogP contribution in [0.1, 0.15) is 16.2 Å². The summed E-state index contributed by atoms with van der Waals surface area (Å²) in [5, 5.41) is 6.30. The van der Waals surface area contributed by atoms with Gasteiger partial charge >= 0.3 is 6.18 Å². The Morgan fingerprint density at radius 2 is 2.00 bits per heavy atom. The van der Waals surface area contributed by atoms with Crippen molar-refractivity contribution in [3.63, 3.8) is 0 Å². The topological polar surface area (TPSA) is 85.3 Å². The molecule has 0 radical (unpaired) electrons. The van der Waals surface area contributed by atoms with Gasteiger partial charge in [0.2, 0.25) is 0 Å². The minimum Gasteiger partial charge on any atom is -0.448 e. The lowest BCUT2D eigenvalue weighted by Gasteiger charge is -2.10. The van der Waals surface area contributed by atoms with Gasteiger partial charge in [0.15, 0.2) is 32.6 Å². The van der Waals surface area contributed by atoms with Crippen molar-refractivity contribution in [1.82, 2.24) is 19.6 Å². The predicted octanol–water partition coefficient (Wildman–Crippen LogP) is 5.83. The van der Waals surface area contributed by atoms with E-state index in [-0.39, 0.29) is 38.1 Å². The van der Waals surface area contributed by atoms with Crippen LogP contribution in [0, 0.1) is 0 Å². The summed E-state index contributed by atoms with van der Waals surface area (Å²) in [7, 11) is 0. The number of nitrogens with zero attached hydrogens (tertiary/aromatic N) is 4. The second kappa shape index (κ2) is 7.67. The maximum Gasteiger partial charge on any atom is 0.433 e. The van der Waals surface area contributed by atoms with Crippen LogP contribution in [-0.2, 0) is 6.18 Å². The van der Waals surface area contributed by atoms with Crippen molar-refractivity contribution in [3.8, 4) is 11.5 Å².